The van der Waals surface area contributed by atoms with Gasteiger partial charge in [0.05, 0.1) is 11.2 Å². The van der Waals surface area contributed by atoms with E-state index < -0.39 is 10.0 Å². The second-order valence-electron chi connectivity index (χ2n) is 6.96. The Bertz CT molecular complexity index is 707. The number of piperidine rings is 1. The molecule has 124 valence electrons. The molecule has 2 saturated heterocycles. The summed E-state index contributed by atoms with van der Waals surface area (Å²) in [5.74, 6) is -0.133. The molecule has 7 heteroatoms. The van der Waals surface area contributed by atoms with E-state index in [4.69, 9.17) is 0 Å². The second kappa shape index (κ2) is 5.27. The van der Waals surface area contributed by atoms with Gasteiger partial charge in [0.2, 0.25) is 15.9 Å². The third-order valence-corrected chi connectivity index (χ3v) is 7.77. The van der Waals surface area contributed by atoms with Crippen LogP contribution in [-0.4, -0.2) is 47.5 Å². The van der Waals surface area contributed by atoms with Gasteiger partial charge in [-0.2, -0.15) is 0 Å². The standard InChI is InChI=1S/C16H21N3O3S/c20-15-14(12-2-1-7-17-11-12)10-16(18-15)5-8-19(9-6-16)23(21,22)13-3-4-13/h1-2,7,11,13-14H,3-6,8-10H2,(H,18,20). The first-order valence-corrected chi connectivity index (χ1v) is 9.71. The molecule has 0 bridgehead atoms. The number of rotatable bonds is 3. The van der Waals surface area contributed by atoms with E-state index in [9.17, 15) is 13.2 Å². The summed E-state index contributed by atoms with van der Waals surface area (Å²) in [6, 6.07) is 3.78. The van der Waals surface area contributed by atoms with Crippen LogP contribution in [0.5, 0.6) is 0 Å². The van der Waals surface area contributed by atoms with Gasteiger partial charge >= 0.3 is 0 Å². The minimum Gasteiger partial charge on any atom is -0.350 e. The Morgan fingerprint density at radius 2 is 2.00 bits per heavy atom. The molecule has 3 aliphatic rings. The first kappa shape index (κ1) is 15.1. The number of hydrogen-bond acceptors (Lipinski definition) is 4. The van der Waals surface area contributed by atoms with Crippen LogP contribution < -0.4 is 5.32 Å². The van der Waals surface area contributed by atoms with E-state index in [1.807, 2.05) is 12.1 Å². The van der Waals surface area contributed by atoms with Gasteiger partial charge in [0.1, 0.15) is 0 Å². The molecule has 1 N–H and O–H groups in total. The van der Waals surface area contributed by atoms with E-state index in [1.165, 1.54) is 0 Å². The van der Waals surface area contributed by atoms with Gasteiger partial charge in [0.15, 0.2) is 0 Å². The summed E-state index contributed by atoms with van der Waals surface area (Å²) in [6.07, 6.45) is 7.16. The molecule has 1 aliphatic carbocycles. The Morgan fingerprint density at radius 1 is 1.26 bits per heavy atom. The van der Waals surface area contributed by atoms with Crippen molar-refractivity contribution in [2.45, 2.75) is 48.8 Å². The van der Waals surface area contributed by atoms with Crippen LogP contribution in [0.4, 0.5) is 0 Å². The number of pyridine rings is 1. The van der Waals surface area contributed by atoms with Crippen molar-refractivity contribution >= 4 is 15.9 Å². The summed E-state index contributed by atoms with van der Waals surface area (Å²) in [7, 11) is -3.10. The van der Waals surface area contributed by atoms with Gasteiger partial charge in [-0.1, -0.05) is 6.07 Å². The molecule has 1 aromatic rings. The van der Waals surface area contributed by atoms with Crippen molar-refractivity contribution in [2.24, 2.45) is 0 Å². The molecule has 2 aliphatic heterocycles. The Morgan fingerprint density at radius 3 is 2.61 bits per heavy atom. The van der Waals surface area contributed by atoms with Crippen LogP contribution in [0.1, 0.15) is 43.6 Å². The lowest BCUT2D eigenvalue weighted by atomic mass is 9.83. The molecule has 0 aromatic carbocycles. The summed E-state index contributed by atoms with van der Waals surface area (Å²) >= 11 is 0. The van der Waals surface area contributed by atoms with Gasteiger partial charge in [-0.15, -0.1) is 0 Å². The lowest BCUT2D eigenvalue weighted by molar-refractivity contribution is -0.121. The van der Waals surface area contributed by atoms with Crippen LogP contribution in [0.2, 0.25) is 0 Å². The van der Waals surface area contributed by atoms with Gasteiger partial charge in [-0.3, -0.25) is 9.78 Å². The van der Waals surface area contributed by atoms with E-state index in [0.717, 1.165) is 24.8 Å². The molecule has 4 rings (SSSR count). The van der Waals surface area contributed by atoms with Crippen LogP contribution in [0.3, 0.4) is 0 Å². The van der Waals surface area contributed by atoms with Crippen molar-refractivity contribution in [1.29, 1.82) is 0 Å². The molecular formula is C16H21N3O3S. The predicted octanol–water partition coefficient (Wildman–Crippen LogP) is 1.01. The molecule has 1 spiro atoms. The summed E-state index contributed by atoms with van der Waals surface area (Å²) in [5, 5.41) is 2.99. The summed E-state index contributed by atoms with van der Waals surface area (Å²) < 4.78 is 26.3. The lowest BCUT2D eigenvalue weighted by Crippen LogP contribution is -2.52. The molecule has 6 nitrogen and oxygen atoms in total. The number of nitrogens with one attached hydrogen (secondary N) is 1. The van der Waals surface area contributed by atoms with E-state index in [1.54, 1.807) is 16.7 Å². The first-order chi connectivity index (χ1) is 11.0. The van der Waals surface area contributed by atoms with Gasteiger partial charge in [-0.05, 0) is 43.7 Å². The minimum absolute atomic E-state index is 0.0384. The average Bonchev–Trinajstić information content (AvgIpc) is 3.35. The number of aromatic nitrogens is 1. The Hall–Kier alpha value is -1.47. The maximum absolute atomic E-state index is 12.4. The van der Waals surface area contributed by atoms with Crippen LogP contribution in [-0.2, 0) is 14.8 Å². The van der Waals surface area contributed by atoms with Gasteiger partial charge in [0.25, 0.3) is 0 Å². The Kier molecular flexibility index (Phi) is 3.46. The number of carbonyl (C=O) groups is 1. The highest BCUT2D eigenvalue weighted by molar-refractivity contribution is 7.90. The minimum atomic E-state index is -3.10. The van der Waals surface area contributed by atoms with Crippen LogP contribution >= 0.6 is 0 Å². The fraction of sp³-hybridized carbons (Fsp3) is 0.625. The molecule has 1 aromatic heterocycles. The number of carbonyl (C=O) groups excluding carboxylic acids is 1. The van der Waals surface area contributed by atoms with Crippen LogP contribution in [0.25, 0.3) is 0 Å². The number of nitrogens with zero attached hydrogens (tertiary/aromatic N) is 2. The largest absolute Gasteiger partial charge is 0.350 e. The maximum Gasteiger partial charge on any atom is 0.228 e. The van der Waals surface area contributed by atoms with Crippen molar-refractivity contribution in [2.75, 3.05) is 13.1 Å². The third kappa shape index (κ3) is 2.65. The highest BCUT2D eigenvalue weighted by Crippen LogP contribution is 2.41. The summed E-state index contributed by atoms with van der Waals surface area (Å²) in [5.41, 5.74) is 0.683. The fourth-order valence-corrected chi connectivity index (χ4v) is 5.65. The smallest absolute Gasteiger partial charge is 0.228 e. The lowest BCUT2D eigenvalue weighted by Gasteiger charge is -2.38. The van der Waals surface area contributed by atoms with Gasteiger partial charge < -0.3 is 5.32 Å². The van der Waals surface area contributed by atoms with E-state index in [-0.39, 0.29) is 22.6 Å². The van der Waals surface area contributed by atoms with Gasteiger partial charge in [0, 0.05) is 31.0 Å². The average molecular weight is 335 g/mol. The quantitative estimate of drug-likeness (QED) is 0.894. The van der Waals surface area contributed by atoms with Crippen molar-refractivity contribution in [1.82, 2.24) is 14.6 Å². The van der Waals surface area contributed by atoms with Crippen molar-refractivity contribution in [3.63, 3.8) is 0 Å². The zero-order valence-electron chi connectivity index (χ0n) is 12.9. The normalized spacial score (nSPS) is 28.0. The first-order valence-electron chi connectivity index (χ1n) is 8.21. The molecule has 1 unspecified atom stereocenters. The van der Waals surface area contributed by atoms with Crippen molar-refractivity contribution in [3.05, 3.63) is 30.1 Å². The maximum atomic E-state index is 12.4. The predicted molar refractivity (Wildman–Crippen MR) is 85.2 cm³/mol. The molecule has 0 radical (unpaired) electrons. The Labute approximate surface area is 136 Å². The molecule has 23 heavy (non-hydrogen) atoms. The molecular weight excluding hydrogens is 314 g/mol. The molecule has 3 fully saturated rings. The second-order valence-corrected chi connectivity index (χ2v) is 9.17. The molecule has 1 saturated carbocycles. The number of hydrogen-bond donors (Lipinski definition) is 1. The zero-order valence-corrected chi connectivity index (χ0v) is 13.8. The topological polar surface area (TPSA) is 79.4 Å². The Balaban J connectivity index is 1.46. The molecule has 1 atom stereocenters. The molecule has 3 heterocycles. The highest BCUT2D eigenvalue weighted by atomic mass is 32.2. The van der Waals surface area contributed by atoms with E-state index >= 15 is 0 Å². The molecule has 1 amide bonds. The van der Waals surface area contributed by atoms with E-state index in [0.29, 0.717) is 25.9 Å². The van der Waals surface area contributed by atoms with Crippen LogP contribution in [0, 0.1) is 0 Å². The van der Waals surface area contributed by atoms with Gasteiger partial charge in [-0.25, -0.2) is 12.7 Å². The number of sulfonamides is 1. The van der Waals surface area contributed by atoms with Crippen molar-refractivity contribution in [3.8, 4) is 0 Å². The number of amides is 1. The van der Waals surface area contributed by atoms with Crippen LogP contribution in [0.15, 0.2) is 24.5 Å². The SMILES string of the molecule is O=C1NC2(CCN(S(=O)(=O)C3CC3)CC2)CC1c1cccnc1. The zero-order chi connectivity index (χ0) is 16.1. The fourth-order valence-electron chi connectivity index (χ4n) is 3.81. The van der Waals surface area contributed by atoms with Crippen molar-refractivity contribution < 1.29 is 13.2 Å². The summed E-state index contributed by atoms with van der Waals surface area (Å²) in [6.45, 7) is 1.03. The summed E-state index contributed by atoms with van der Waals surface area (Å²) in [4.78, 5) is 16.5. The van der Waals surface area contributed by atoms with E-state index in [2.05, 4.69) is 10.3 Å². The highest BCUT2D eigenvalue weighted by Gasteiger charge is 2.49. The monoisotopic (exact) mass is 335 g/mol. The third-order valence-electron chi connectivity index (χ3n) is 5.37.